The van der Waals surface area contributed by atoms with Crippen molar-refractivity contribution in [1.82, 2.24) is 0 Å². The summed E-state index contributed by atoms with van der Waals surface area (Å²) in [4.78, 5) is 11.0. The van der Waals surface area contributed by atoms with Crippen LogP contribution < -0.4 is 0 Å². The first kappa shape index (κ1) is 16.4. The molecule has 2 unspecified atom stereocenters. The zero-order valence-electron chi connectivity index (χ0n) is 12.6. The maximum Gasteiger partial charge on any atom is 0.241 e. The van der Waals surface area contributed by atoms with Crippen molar-refractivity contribution in [2.75, 3.05) is 0 Å². The Morgan fingerprint density at radius 1 is 1.30 bits per heavy atom. The molecule has 20 heavy (non-hydrogen) atoms. The first-order valence-electron chi connectivity index (χ1n) is 6.88. The van der Waals surface area contributed by atoms with E-state index in [-0.39, 0.29) is 10.8 Å². The van der Waals surface area contributed by atoms with E-state index in [1.807, 2.05) is 43.3 Å². The van der Waals surface area contributed by atoms with Gasteiger partial charge < -0.3 is 4.43 Å². The lowest BCUT2D eigenvalue weighted by Crippen LogP contribution is -2.26. The highest BCUT2D eigenvalue weighted by molar-refractivity contribution is 6.69. The van der Waals surface area contributed by atoms with Crippen LogP contribution in [-0.2, 0) is 4.43 Å². The number of benzene rings is 1. The van der Waals surface area contributed by atoms with E-state index in [4.69, 9.17) is 4.43 Å². The zero-order valence-corrected chi connectivity index (χ0v) is 13.6. The highest BCUT2D eigenvalue weighted by Crippen LogP contribution is 2.25. The van der Waals surface area contributed by atoms with Gasteiger partial charge in [-0.2, -0.15) is 0 Å². The molecule has 0 aliphatic carbocycles. The van der Waals surface area contributed by atoms with Gasteiger partial charge in [0, 0.05) is 11.3 Å². The maximum atomic E-state index is 11.2. The van der Waals surface area contributed by atoms with Crippen molar-refractivity contribution >= 4 is 8.32 Å². The molecule has 0 aliphatic heterocycles. The SMILES string of the molecule is CCC(C(C=CO[Si](C)(C)C)c1ccccc1)[N+](=O)[O-]. The van der Waals surface area contributed by atoms with Crippen molar-refractivity contribution in [3.8, 4) is 0 Å². The van der Waals surface area contributed by atoms with Gasteiger partial charge in [-0.25, -0.2) is 0 Å². The minimum atomic E-state index is -1.65. The first-order chi connectivity index (χ1) is 9.35. The molecule has 1 rings (SSSR count). The molecule has 0 N–H and O–H groups in total. The summed E-state index contributed by atoms with van der Waals surface area (Å²) in [5.41, 5.74) is 0.950. The van der Waals surface area contributed by atoms with Gasteiger partial charge in [0.1, 0.15) is 0 Å². The Balaban J connectivity index is 2.99. The topological polar surface area (TPSA) is 52.4 Å². The Morgan fingerprint density at radius 2 is 1.90 bits per heavy atom. The van der Waals surface area contributed by atoms with Crippen LogP contribution in [-0.4, -0.2) is 19.3 Å². The van der Waals surface area contributed by atoms with Gasteiger partial charge in [-0.15, -0.1) is 0 Å². The van der Waals surface area contributed by atoms with Crippen LogP contribution >= 0.6 is 0 Å². The van der Waals surface area contributed by atoms with Crippen LogP contribution in [0.3, 0.4) is 0 Å². The Labute approximate surface area is 121 Å². The van der Waals surface area contributed by atoms with E-state index >= 15 is 0 Å². The molecule has 5 heteroatoms. The standard InChI is InChI=1S/C15H23NO3Si/c1-5-15(16(17)18)14(11-12-19-20(2,3)4)13-9-7-6-8-10-13/h6-12,14-15H,5H2,1-4H3. The van der Waals surface area contributed by atoms with Crippen molar-refractivity contribution < 1.29 is 9.35 Å². The van der Waals surface area contributed by atoms with Gasteiger partial charge in [-0.05, 0) is 31.3 Å². The minimum Gasteiger partial charge on any atom is -0.550 e. The summed E-state index contributed by atoms with van der Waals surface area (Å²) in [6.07, 6.45) is 3.96. The van der Waals surface area contributed by atoms with E-state index in [2.05, 4.69) is 19.6 Å². The number of nitrogens with zero attached hydrogens (tertiary/aromatic N) is 1. The molecule has 0 amide bonds. The fourth-order valence-electron chi connectivity index (χ4n) is 2.00. The molecule has 0 fully saturated rings. The fourth-order valence-corrected chi connectivity index (χ4v) is 2.49. The van der Waals surface area contributed by atoms with Gasteiger partial charge in [-0.3, -0.25) is 10.1 Å². The summed E-state index contributed by atoms with van der Waals surface area (Å²) in [7, 11) is -1.65. The van der Waals surface area contributed by atoms with E-state index in [1.165, 1.54) is 0 Å². The van der Waals surface area contributed by atoms with Crippen LogP contribution in [0, 0.1) is 10.1 Å². The predicted octanol–water partition coefficient (Wildman–Crippen LogP) is 4.19. The van der Waals surface area contributed by atoms with Crippen molar-refractivity contribution in [1.29, 1.82) is 0 Å². The first-order valence-corrected chi connectivity index (χ1v) is 10.3. The summed E-state index contributed by atoms with van der Waals surface area (Å²) in [6.45, 7) is 8.09. The third-order valence-corrected chi connectivity index (χ3v) is 3.84. The van der Waals surface area contributed by atoms with Crippen molar-refractivity contribution in [3.05, 3.63) is 58.3 Å². The molecular formula is C15H23NO3Si. The lowest BCUT2D eigenvalue weighted by molar-refractivity contribution is -0.525. The number of hydrogen-bond donors (Lipinski definition) is 0. The van der Waals surface area contributed by atoms with E-state index < -0.39 is 14.4 Å². The second-order valence-electron chi connectivity index (χ2n) is 5.76. The molecule has 2 atom stereocenters. The number of hydrogen-bond acceptors (Lipinski definition) is 3. The molecule has 0 aliphatic rings. The molecule has 0 spiro atoms. The molecule has 1 aromatic rings. The Hall–Kier alpha value is -1.62. The molecule has 1 aromatic carbocycles. The third-order valence-electron chi connectivity index (χ3n) is 3.00. The normalized spacial score (nSPS) is 15.0. The second-order valence-corrected chi connectivity index (χ2v) is 10.2. The lowest BCUT2D eigenvalue weighted by atomic mass is 9.90. The Bertz CT molecular complexity index is 454. The zero-order chi connectivity index (χ0) is 15.2. The Kier molecular flexibility index (Phi) is 5.95. The van der Waals surface area contributed by atoms with Crippen LogP contribution in [0.15, 0.2) is 42.7 Å². The van der Waals surface area contributed by atoms with Crippen LogP contribution in [0.4, 0.5) is 0 Å². The van der Waals surface area contributed by atoms with Gasteiger partial charge in [0.05, 0.1) is 12.2 Å². The average molecular weight is 293 g/mol. The summed E-state index contributed by atoms with van der Waals surface area (Å²) in [5.74, 6) is -0.257. The monoisotopic (exact) mass is 293 g/mol. The van der Waals surface area contributed by atoms with Gasteiger partial charge in [0.25, 0.3) is 0 Å². The fraction of sp³-hybridized carbons (Fsp3) is 0.467. The number of nitro groups is 1. The van der Waals surface area contributed by atoms with Gasteiger partial charge in [0.15, 0.2) is 0 Å². The van der Waals surface area contributed by atoms with Crippen molar-refractivity contribution in [2.45, 2.75) is 44.9 Å². The minimum absolute atomic E-state index is 0.198. The van der Waals surface area contributed by atoms with Crippen molar-refractivity contribution in [2.24, 2.45) is 0 Å². The van der Waals surface area contributed by atoms with Crippen LogP contribution in [0.1, 0.15) is 24.8 Å². The summed E-state index contributed by atoms with van der Waals surface area (Å²) >= 11 is 0. The molecule has 0 radical (unpaired) electrons. The summed E-state index contributed by atoms with van der Waals surface area (Å²) < 4.78 is 5.69. The van der Waals surface area contributed by atoms with E-state index in [0.29, 0.717) is 6.42 Å². The predicted molar refractivity (Wildman–Crippen MR) is 83.8 cm³/mol. The van der Waals surface area contributed by atoms with E-state index in [9.17, 15) is 10.1 Å². The largest absolute Gasteiger partial charge is 0.550 e. The summed E-state index contributed by atoms with van der Waals surface area (Å²) in [6, 6.07) is 8.95. The molecule has 0 aromatic heterocycles. The molecule has 110 valence electrons. The van der Waals surface area contributed by atoms with Gasteiger partial charge >= 0.3 is 0 Å². The molecular weight excluding hydrogens is 270 g/mol. The third kappa shape index (κ3) is 5.17. The van der Waals surface area contributed by atoms with E-state index in [0.717, 1.165) is 5.56 Å². The lowest BCUT2D eigenvalue weighted by Gasteiger charge is -2.19. The van der Waals surface area contributed by atoms with E-state index in [1.54, 1.807) is 6.26 Å². The van der Waals surface area contributed by atoms with Crippen LogP contribution in [0.5, 0.6) is 0 Å². The Morgan fingerprint density at radius 3 is 2.35 bits per heavy atom. The summed E-state index contributed by atoms with van der Waals surface area (Å²) in [5, 5.41) is 11.2. The highest BCUT2D eigenvalue weighted by Gasteiger charge is 2.29. The maximum absolute atomic E-state index is 11.2. The molecule has 0 saturated heterocycles. The number of rotatable bonds is 7. The quantitative estimate of drug-likeness (QED) is 0.328. The van der Waals surface area contributed by atoms with Crippen molar-refractivity contribution in [3.63, 3.8) is 0 Å². The molecule has 4 nitrogen and oxygen atoms in total. The smallest absolute Gasteiger partial charge is 0.241 e. The molecule has 0 bridgehead atoms. The molecule has 0 saturated carbocycles. The van der Waals surface area contributed by atoms with Gasteiger partial charge in [0.2, 0.25) is 14.4 Å². The second kappa shape index (κ2) is 7.24. The molecule has 0 heterocycles. The average Bonchev–Trinajstić information content (AvgIpc) is 2.37. The van der Waals surface area contributed by atoms with Gasteiger partial charge in [-0.1, -0.05) is 37.3 Å². The van der Waals surface area contributed by atoms with Crippen LogP contribution in [0.2, 0.25) is 19.6 Å². The highest BCUT2D eigenvalue weighted by atomic mass is 28.4. The van der Waals surface area contributed by atoms with Crippen LogP contribution in [0.25, 0.3) is 0 Å².